The molecule has 0 heterocycles. The standard InChI is InChI=1S/C27H24BrFN2O2/c1-3-18-9-11-22(12-10-18)31-27(32)21(17-30)13-19-14-24(28)23(26(15-19)33-4-2)16-20-7-5-6-8-25(20)29/h5-15H,3-4,16H2,1-2H3,(H,31,32)/b21-13+. The van der Waals surface area contributed by atoms with Gasteiger partial charge in [0.1, 0.15) is 23.2 Å². The SMILES string of the molecule is CCOc1cc(/C=C(\C#N)C(=O)Nc2ccc(CC)cc2)cc(Br)c1Cc1ccccc1F. The van der Waals surface area contributed by atoms with Crippen molar-refractivity contribution in [2.45, 2.75) is 26.7 Å². The predicted octanol–water partition coefficient (Wildman–Crippen LogP) is 6.69. The molecule has 0 fully saturated rings. The van der Waals surface area contributed by atoms with Crippen LogP contribution in [0.1, 0.15) is 36.1 Å². The molecule has 0 radical (unpaired) electrons. The van der Waals surface area contributed by atoms with E-state index in [-0.39, 0.29) is 11.4 Å². The minimum Gasteiger partial charge on any atom is -0.494 e. The maximum Gasteiger partial charge on any atom is 0.266 e. The van der Waals surface area contributed by atoms with E-state index >= 15 is 0 Å². The highest BCUT2D eigenvalue weighted by Crippen LogP contribution is 2.33. The molecule has 0 aliphatic heterocycles. The quantitative estimate of drug-likeness (QED) is 0.273. The van der Waals surface area contributed by atoms with Crippen molar-refractivity contribution in [3.63, 3.8) is 0 Å². The van der Waals surface area contributed by atoms with Crippen LogP contribution in [0.3, 0.4) is 0 Å². The Hall–Kier alpha value is -3.43. The van der Waals surface area contributed by atoms with Crippen LogP contribution in [0.4, 0.5) is 10.1 Å². The molecule has 0 aliphatic carbocycles. The fraction of sp³-hybridized carbons (Fsp3) is 0.185. The summed E-state index contributed by atoms with van der Waals surface area (Å²) in [7, 11) is 0. The average Bonchev–Trinajstić information content (AvgIpc) is 2.81. The van der Waals surface area contributed by atoms with Gasteiger partial charge >= 0.3 is 0 Å². The summed E-state index contributed by atoms with van der Waals surface area (Å²) in [6.45, 7) is 4.34. The number of benzene rings is 3. The zero-order valence-electron chi connectivity index (χ0n) is 18.5. The number of carbonyl (C=O) groups is 1. The summed E-state index contributed by atoms with van der Waals surface area (Å²) in [4.78, 5) is 12.7. The summed E-state index contributed by atoms with van der Waals surface area (Å²) in [5, 5.41) is 12.3. The lowest BCUT2D eigenvalue weighted by Gasteiger charge is -2.14. The summed E-state index contributed by atoms with van der Waals surface area (Å²) < 4.78 is 20.7. The molecule has 1 N–H and O–H groups in total. The molecule has 3 rings (SSSR count). The lowest BCUT2D eigenvalue weighted by atomic mass is 10.0. The zero-order valence-corrected chi connectivity index (χ0v) is 20.1. The van der Waals surface area contributed by atoms with Crippen LogP contribution >= 0.6 is 15.9 Å². The number of nitrogens with zero attached hydrogens (tertiary/aromatic N) is 1. The first-order chi connectivity index (χ1) is 15.9. The van der Waals surface area contributed by atoms with Gasteiger partial charge in [-0.15, -0.1) is 0 Å². The predicted molar refractivity (Wildman–Crippen MR) is 133 cm³/mol. The van der Waals surface area contributed by atoms with Crippen LogP contribution in [0.5, 0.6) is 5.75 Å². The summed E-state index contributed by atoms with van der Waals surface area (Å²) in [5.74, 6) is -0.216. The zero-order chi connectivity index (χ0) is 23.8. The van der Waals surface area contributed by atoms with Crippen molar-refractivity contribution in [2.24, 2.45) is 0 Å². The number of carbonyl (C=O) groups excluding carboxylic acids is 1. The molecule has 3 aromatic carbocycles. The van der Waals surface area contributed by atoms with Crippen molar-refractivity contribution >= 4 is 33.6 Å². The van der Waals surface area contributed by atoms with Crippen LogP contribution in [0.15, 0.2) is 70.7 Å². The number of rotatable bonds is 8. The van der Waals surface area contributed by atoms with E-state index in [1.807, 2.05) is 37.3 Å². The number of halogens is 2. The minimum absolute atomic E-state index is 0.0363. The van der Waals surface area contributed by atoms with E-state index in [4.69, 9.17) is 4.74 Å². The highest BCUT2D eigenvalue weighted by molar-refractivity contribution is 9.10. The number of hydrogen-bond donors (Lipinski definition) is 1. The number of amides is 1. The third kappa shape index (κ3) is 6.30. The van der Waals surface area contributed by atoms with Crippen molar-refractivity contribution in [1.82, 2.24) is 0 Å². The van der Waals surface area contributed by atoms with Gasteiger partial charge in [-0.1, -0.05) is 53.2 Å². The van der Waals surface area contributed by atoms with Crippen LogP contribution in [0.2, 0.25) is 0 Å². The molecular weight excluding hydrogens is 483 g/mol. The second kappa shape index (κ2) is 11.4. The summed E-state index contributed by atoms with van der Waals surface area (Å²) >= 11 is 3.55. The number of anilines is 1. The minimum atomic E-state index is -0.494. The van der Waals surface area contributed by atoms with Gasteiger partial charge < -0.3 is 10.1 Å². The molecule has 168 valence electrons. The van der Waals surface area contributed by atoms with E-state index in [1.165, 1.54) is 12.1 Å². The van der Waals surface area contributed by atoms with Gasteiger partial charge in [0.2, 0.25) is 0 Å². The Morgan fingerprint density at radius 2 is 1.88 bits per heavy atom. The Balaban J connectivity index is 1.89. The van der Waals surface area contributed by atoms with Crippen molar-refractivity contribution in [3.8, 4) is 11.8 Å². The lowest BCUT2D eigenvalue weighted by molar-refractivity contribution is -0.112. The van der Waals surface area contributed by atoms with Crippen LogP contribution in [-0.2, 0) is 17.6 Å². The van der Waals surface area contributed by atoms with E-state index in [1.54, 1.807) is 30.3 Å². The Morgan fingerprint density at radius 1 is 1.15 bits per heavy atom. The molecule has 0 saturated carbocycles. The van der Waals surface area contributed by atoms with Gasteiger partial charge in [0, 0.05) is 22.1 Å². The van der Waals surface area contributed by atoms with Gasteiger partial charge in [-0.2, -0.15) is 5.26 Å². The lowest BCUT2D eigenvalue weighted by Crippen LogP contribution is -2.13. The van der Waals surface area contributed by atoms with Crippen molar-refractivity contribution in [3.05, 3.63) is 98.8 Å². The van der Waals surface area contributed by atoms with E-state index in [0.29, 0.717) is 40.1 Å². The van der Waals surface area contributed by atoms with Gasteiger partial charge in [-0.25, -0.2) is 4.39 Å². The molecule has 0 aromatic heterocycles. The number of ether oxygens (including phenoxy) is 1. The van der Waals surface area contributed by atoms with E-state index in [9.17, 15) is 14.4 Å². The number of hydrogen-bond acceptors (Lipinski definition) is 3. The summed E-state index contributed by atoms with van der Waals surface area (Å²) in [5.41, 5.74) is 3.70. The van der Waals surface area contributed by atoms with Gasteiger partial charge in [0.25, 0.3) is 5.91 Å². The fourth-order valence-corrected chi connectivity index (χ4v) is 3.94. The van der Waals surface area contributed by atoms with Gasteiger partial charge in [-0.05, 0) is 66.4 Å². The normalized spacial score (nSPS) is 11.1. The Labute approximate surface area is 201 Å². The second-order valence-electron chi connectivity index (χ2n) is 7.36. The third-order valence-corrected chi connectivity index (χ3v) is 5.81. The van der Waals surface area contributed by atoms with Crippen molar-refractivity contribution in [2.75, 3.05) is 11.9 Å². The first kappa shape index (κ1) is 24.2. The smallest absolute Gasteiger partial charge is 0.266 e. The Kier molecular flexibility index (Phi) is 8.39. The third-order valence-electron chi connectivity index (χ3n) is 5.10. The molecule has 0 aliphatic rings. The maximum absolute atomic E-state index is 14.2. The molecule has 0 saturated heterocycles. The molecule has 33 heavy (non-hydrogen) atoms. The van der Waals surface area contributed by atoms with E-state index < -0.39 is 5.91 Å². The average molecular weight is 507 g/mol. The number of nitriles is 1. The van der Waals surface area contributed by atoms with Crippen LogP contribution in [0, 0.1) is 17.1 Å². The van der Waals surface area contributed by atoms with E-state index in [2.05, 4.69) is 28.2 Å². The largest absolute Gasteiger partial charge is 0.494 e. The second-order valence-corrected chi connectivity index (χ2v) is 8.21. The van der Waals surface area contributed by atoms with E-state index in [0.717, 1.165) is 17.5 Å². The highest BCUT2D eigenvalue weighted by atomic mass is 79.9. The topological polar surface area (TPSA) is 62.1 Å². The molecule has 4 nitrogen and oxygen atoms in total. The fourth-order valence-electron chi connectivity index (χ4n) is 3.34. The molecule has 0 bridgehead atoms. The molecule has 0 atom stereocenters. The van der Waals surface area contributed by atoms with Gasteiger partial charge in [0.05, 0.1) is 6.61 Å². The van der Waals surface area contributed by atoms with Gasteiger partial charge in [-0.3, -0.25) is 4.79 Å². The Morgan fingerprint density at radius 3 is 2.52 bits per heavy atom. The monoisotopic (exact) mass is 506 g/mol. The van der Waals surface area contributed by atoms with Gasteiger partial charge in [0.15, 0.2) is 0 Å². The van der Waals surface area contributed by atoms with Crippen molar-refractivity contribution in [1.29, 1.82) is 5.26 Å². The molecule has 0 unspecified atom stereocenters. The van der Waals surface area contributed by atoms with Crippen LogP contribution in [0.25, 0.3) is 6.08 Å². The number of aryl methyl sites for hydroxylation is 1. The highest BCUT2D eigenvalue weighted by Gasteiger charge is 2.15. The van der Waals surface area contributed by atoms with Crippen LogP contribution < -0.4 is 10.1 Å². The molecular formula is C27H24BrFN2O2. The Bertz CT molecular complexity index is 1210. The molecule has 0 spiro atoms. The first-order valence-electron chi connectivity index (χ1n) is 10.7. The van der Waals surface area contributed by atoms with Crippen molar-refractivity contribution < 1.29 is 13.9 Å². The molecule has 1 amide bonds. The van der Waals surface area contributed by atoms with Crippen LogP contribution in [-0.4, -0.2) is 12.5 Å². The number of nitrogens with one attached hydrogen (secondary N) is 1. The summed E-state index contributed by atoms with van der Waals surface area (Å²) in [6.07, 6.45) is 2.75. The first-order valence-corrected chi connectivity index (χ1v) is 11.4. The maximum atomic E-state index is 14.2. The molecule has 6 heteroatoms. The molecule has 3 aromatic rings. The summed E-state index contributed by atoms with van der Waals surface area (Å²) in [6, 6.07) is 19.6.